The summed E-state index contributed by atoms with van der Waals surface area (Å²) in [6.45, 7) is 1.92. The average molecular weight is 252 g/mol. The Hall–Kier alpha value is -2.42. The lowest BCUT2D eigenvalue weighted by Gasteiger charge is -2.20. The van der Waals surface area contributed by atoms with Crippen molar-refractivity contribution in [2.24, 2.45) is 0 Å². The van der Waals surface area contributed by atoms with E-state index >= 15 is 0 Å². The summed E-state index contributed by atoms with van der Waals surface area (Å²) in [5, 5.41) is 9.92. The van der Waals surface area contributed by atoms with E-state index in [2.05, 4.69) is 0 Å². The van der Waals surface area contributed by atoms with Crippen molar-refractivity contribution in [3.63, 3.8) is 0 Å². The Kier molecular flexibility index (Phi) is 2.49. The van der Waals surface area contributed by atoms with Crippen molar-refractivity contribution in [1.82, 2.24) is 0 Å². The number of carbonyl (C=O) groups excluding carboxylic acids is 2. The first-order valence-electron chi connectivity index (χ1n) is 6.18. The second-order valence-corrected chi connectivity index (χ2v) is 4.55. The Morgan fingerprint density at radius 3 is 2.05 bits per heavy atom. The monoisotopic (exact) mass is 252 g/mol. The highest BCUT2D eigenvalue weighted by atomic mass is 16.3. The van der Waals surface area contributed by atoms with Gasteiger partial charge in [-0.05, 0) is 18.1 Å². The molecule has 0 unspecified atom stereocenters. The Balaban J connectivity index is 2.38. The molecule has 1 aliphatic carbocycles. The number of hydrogen-bond acceptors (Lipinski definition) is 3. The molecule has 0 heterocycles. The molecule has 0 saturated carbocycles. The van der Waals surface area contributed by atoms with Crippen molar-refractivity contribution in [2.75, 3.05) is 0 Å². The van der Waals surface area contributed by atoms with Crippen LogP contribution in [-0.4, -0.2) is 16.7 Å². The summed E-state index contributed by atoms with van der Waals surface area (Å²) in [6, 6.07) is 9.92. The number of aryl methyl sites for hydroxylation is 1. The highest BCUT2D eigenvalue weighted by Gasteiger charge is 2.33. The van der Waals surface area contributed by atoms with E-state index in [0.29, 0.717) is 23.1 Å². The van der Waals surface area contributed by atoms with Crippen LogP contribution in [0.1, 0.15) is 44.3 Å². The van der Waals surface area contributed by atoms with Gasteiger partial charge in [-0.25, -0.2) is 0 Å². The van der Waals surface area contributed by atoms with E-state index in [0.717, 1.165) is 5.56 Å². The van der Waals surface area contributed by atoms with E-state index in [1.807, 2.05) is 6.92 Å². The van der Waals surface area contributed by atoms with Crippen molar-refractivity contribution in [2.45, 2.75) is 13.3 Å². The lowest BCUT2D eigenvalue weighted by Crippen LogP contribution is -2.22. The third kappa shape index (κ3) is 1.51. The number of aromatic hydroxyl groups is 1. The van der Waals surface area contributed by atoms with Gasteiger partial charge in [0.15, 0.2) is 11.6 Å². The molecule has 2 aromatic rings. The summed E-state index contributed by atoms with van der Waals surface area (Å²) in [7, 11) is 0. The van der Waals surface area contributed by atoms with Crippen molar-refractivity contribution >= 4 is 11.6 Å². The molecule has 0 bridgehead atoms. The molecule has 0 atom stereocenters. The lowest BCUT2D eigenvalue weighted by molar-refractivity contribution is 0.0976. The van der Waals surface area contributed by atoms with Crippen molar-refractivity contribution in [3.05, 3.63) is 64.2 Å². The maximum Gasteiger partial charge on any atom is 0.198 e. The highest BCUT2D eigenvalue weighted by molar-refractivity contribution is 6.29. The molecular formula is C16H12O3. The number of rotatable bonds is 1. The minimum Gasteiger partial charge on any atom is -0.507 e. The third-order valence-electron chi connectivity index (χ3n) is 3.52. The van der Waals surface area contributed by atoms with Crippen LogP contribution < -0.4 is 0 Å². The number of phenolic OH excluding ortho intramolecular Hbond substituents is 1. The van der Waals surface area contributed by atoms with Gasteiger partial charge in [0.05, 0.1) is 5.56 Å². The zero-order valence-electron chi connectivity index (χ0n) is 10.4. The van der Waals surface area contributed by atoms with Gasteiger partial charge in [-0.15, -0.1) is 0 Å². The molecule has 3 nitrogen and oxygen atoms in total. The summed E-state index contributed by atoms with van der Waals surface area (Å²) in [5.74, 6) is -0.587. The zero-order chi connectivity index (χ0) is 13.6. The largest absolute Gasteiger partial charge is 0.507 e. The third-order valence-corrected chi connectivity index (χ3v) is 3.52. The Morgan fingerprint density at radius 2 is 1.47 bits per heavy atom. The van der Waals surface area contributed by atoms with Crippen LogP contribution in [0.5, 0.6) is 5.75 Å². The molecule has 2 aromatic carbocycles. The van der Waals surface area contributed by atoms with E-state index < -0.39 is 0 Å². The first-order valence-corrected chi connectivity index (χ1v) is 6.18. The predicted molar refractivity (Wildman–Crippen MR) is 70.8 cm³/mol. The molecule has 1 N–H and O–H groups in total. The van der Waals surface area contributed by atoms with Crippen LogP contribution in [0.2, 0.25) is 0 Å². The molecular weight excluding hydrogens is 240 g/mol. The Bertz CT molecular complexity index is 714. The second kappa shape index (κ2) is 4.05. The molecule has 19 heavy (non-hydrogen) atoms. The standard InChI is InChI=1S/C16H12O3/c1-2-9-7-8-12(17)14-13(9)15(18)10-5-3-4-6-11(10)16(14)19/h3-8,17H,2H2,1H3. The summed E-state index contributed by atoms with van der Waals surface area (Å²) >= 11 is 0. The summed E-state index contributed by atoms with van der Waals surface area (Å²) < 4.78 is 0. The molecule has 0 saturated heterocycles. The van der Waals surface area contributed by atoms with Gasteiger partial charge < -0.3 is 5.11 Å². The van der Waals surface area contributed by atoms with Gasteiger partial charge in [0.2, 0.25) is 0 Å². The fourth-order valence-electron chi connectivity index (χ4n) is 2.57. The number of ketones is 2. The van der Waals surface area contributed by atoms with Gasteiger partial charge in [0.1, 0.15) is 5.75 Å². The summed E-state index contributed by atoms with van der Waals surface area (Å²) in [6.07, 6.45) is 0.643. The molecule has 0 aromatic heterocycles. The summed E-state index contributed by atoms with van der Waals surface area (Å²) in [4.78, 5) is 25.0. The number of carbonyl (C=O) groups is 2. The van der Waals surface area contributed by atoms with Crippen LogP contribution in [0.4, 0.5) is 0 Å². The fraction of sp³-hybridized carbons (Fsp3) is 0.125. The zero-order valence-corrected chi connectivity index (χ0v) is 10.4. The van der Waals surface area contributed by atoms with Gasteiger partial charge in [-0.2, -0.15) is 0 Å². The van der Waals surface area contributed by atoms with Crippen LogP contribution in [0.3, 0.4) is 0 Å². The fourth-order valence-corrected chi connectivity index (χ4v) is 2.57. The number of phenols is 1. The molecule has 0 spiro atoms. The number of fused-ring (bicyclic) bond motifs is 2. The number of hydrogen-bond donors (Lipinski definition) is 1. The minimum absolute atomic E-state index is 0.125. The topological polar surface area (TPSA) is 54.4 Å². The van der Waals surface area contributed by atoms with Crippen LogP contribution in [0.25, 0.3) is 0 Å². The van der Waals surface area contributed by atoms with Gasteiger partial charge in [-0.1, -0.05) is 37.3 Å². The Morgan fingerprint density at radius 1 is 0.895 bits per heavy atom. The van der Waals surface area contributed by atoms with E-state index in [-0.39, 0.29) is 22.9 Å². The van der Waals surface area contributed by atoms with Gasteiger partial charge in [0.25, 0.3) is 0 Å². The van der Waals surface area contributed by atoms with Gasteiger partial charge >= 0.3 is 0 Å². The maximum atomic E-state index is 12.5. The predicted octanol–water partition coefficient (Wildman–Crippen LogP) is 2.73. The van der Waals surface area contributed by atoms with E-state index in [4.69, 9.17) is 0 Å². The summed E-state index contributed by atoms with van der Waals surface area (Å²) in [5.41, 5.74) is 2.07. The SMILES string of the molecule is CCc1ccc(O)c2c1C(=O)c1ccccc1C2=O. The molecule has 0 radical (unpaired) electrons. The lowest BCUT2D eigenvalue weighted by atomic mass is 9.81. The Labute approximate surface area is 110 Å². The van der Waals surface area contributed by atoms with Crippen molar-refractivity contribution < 1.29 is 14.7 Å². The molecule has 0 fully saturated rings. The van der Waals surface area contributed by atoms with Crippen LogP contribution >= 0.6 is 0 Å². The van der Waals surface area contributed by atoms with Crippen molar-refractivity contribution in [1.29, 1.82) is 0 Å². The minimum atomic E-state index is -0.280. The first-order chi connectivity index (χ1) is 9.15. The van der Waals surface area contributed by atoms with Crippen LogP contribution in [0, 0.1) is 0 Å². The molecule has 3 heteroatoms. The average Bonchev–Trinajstić information content (AvgIpc) is 2.44. The van der Waals surface area contributed by atoms with E-state index in [9.17, 15) is 14.7 Å². The van der Waals surface area contributed by atoms with Crippen LogP contribution in [0.15, 0.2) is 36.4 Å². The molecule has 0 aliphatic heterocycles. The molecule has 1 aliphatic rings. The molecule has 3 rings (SSSR count). The smallest absolute Gasteiger partial charge is 0.198 e. The molecule has 0 amide bonds. The van der Waals surface area contributed by atoms with Gasteiger partial charge in [0, 0.05) is 16.7 Å². The van der Waals surface area contributed by atoms with E-state index in [1.165, 1.54) is 6.07 Å². The first kappa shape index (κ1) is 11.7. The van der Waals surface area contributed by atoms with E-state index in [1.54, 1.807) is 30.3 Å². The highest BCUT2D eigenvalue weighted by Crippen LogP contribution is 2.34. The van der Waals surface area contributed by atoms with Crippen molar-refractivity contribution in [3.8, 4) is 5.75 Å². The molecule has 94 valence electrons. The quantitative estimate of drug-likeness (QED) is 0.724. The normalized spacial score (nSPS) is 13.1. The number of benzene rings is 2. The maximum absolute atomic E-state index is 12.5. The second-order valence-electron chi connectivity index (χ2n) is 4.55. The van der Waals surface area contributed by atoms with Gasteiger partial charge in [-0.3, -0.25) is 9.59 Å². The van der Waals surface area contributed by atoms with Crippen LogP contribution in [-0.2, 0) is 6.42 Å².